The normalized spacial score (nSPS) is 14.0. The average Bonchev–Trinajstić information content (AvgIpc) is 1.64. The van der Waals surface area contributed by atoms with Gasteiger partial charge in [-0.25, -0.2) is 0 Å². The lowest BCUT2D eigenvalue weighted by molar-refractivity contribution is -0.228. The highest BCUT2D eigenvalue weighted by Crippen LogP contribution is 2.29. The van der Waals surface area contributed by atoms with Gasteiger partial charge in [0.15, 0.2) is 5.79 Å². The standard InChI is InChI=1S/C7H16O2/c1-5-7(8,9)6(2,3)4/h8-9H,5H2,1-4H3. The Kier molecular flexibility index (Phi) is 2.25. The van der Waals surface area contributed by atoms with E-state index in [0.29, 0.717) is 6.42 Å². The summed E-state index contributed by atoms with van der Waals surface area (Å²) in [6, 6.07) is 0. The van der Waals surface area contributed by atoms with Crippen molar-refractivity contribution in [3.05, 3.63) is 0 Å². The van der Waals surface area contributed by atoms with Crippen molar-refractivity contribution in [3.63, 3.8) is 0 Å². The summed E-state index contributed by atoms with van der Waals surface area (Å²) in [5, 5.41) is 18.4. The zero-order valence-electron chi connectivity index (χ0n) is 6.60. The Morgan fingerprint density at radius 2 is 1.44 bits per heavy atom. The first-order chi connectivity index (χ1) is 3.81. The van der Waals surface area contributed by atoms with E-state index in [9.17, 15) is 10.2 Å². The van der Waals surface area contributed by atoms with Gasteiger partial charge in [0, 0.05) is 5.41 Å². The van der Waals surface area contributed by atoms with Crippen molar-refractivity contribution in [1.82, 2.24) is 0 Å². The molecule has 0 spiro atoms. The monoisotopic (exact) mass is 132 g/mol. The Labute approximate surface area is 56.5 Å². The lowest BCUT2D eigenvalue weighted by Crippen LogP contribution is -2.41. The van der Waals surface area contributed by atoms with Crippen LogP contribution in [0.4, 0.5) is 0 Å². The van der Waals surface area contributed by atoms with Crippen LogP contribution < -0.4 is 0 Å². The Hall–Kier alpha value is -0.0800. The Morgan fingerprint density at radius 3 is 1.44 bits per heavy atom. The van der Waals surface area contributed by atoms with Crippen LogP contribution >= 0.6 is 0 Å². The molecule has 2 N–H and O–H groups in total. The molecule has 0 heterocycles. The average molecular weight is 132 g/mol. The number of hydrogen-bond donors (Lipinski definition) is 2. The SMILES string of the molecule is CCC(O)(O)C(C)(C)C. The van der Waals surface area contributed by atoms with Gasteiger partial charge in [0.2, 0.25) is 0 Å². The van der Waals surface area contributed by atoms with E-state index in [0.717, 1.165) is 0 Å². The van der Waals surface area contributed by atoms with Crippen LogP contribution in [-0.4, -0.2) is 16.0 Å². The molecule has 2 heteroatoms. The Balaban J connectivity index is 4.14. The molecule has 0 fully saturated rings. The van der Waals surface area contributed by atoms with E-state index in [4.69, 9.17) is 0 Å². The molecular weight excluding hydrogens is 116 g/mol. The molecule has 2 nitrogen and oxygen atoms in total. The third-order valence-electron chi connectivity index (χ3n) is 1.69. The molecule has 0 saturated carbocycles. The number of aliphatic hydroxyl groups is 2. The van der Waals surface area contributed by atoms with Crippen LogP contribution in [-0.2, 0) is 0 Å². The van der Waals surface area contributed by atoms with Gasteiger partial charge in [-0.1, -0.05) is 27.7 Å². The Bertz CT molecular complexity index is 89.6. The van der Waals surface area contributed by atoms with E-state index in [2.05, 4.69) is 0 Å². The summed E-state index contributed by atoms with van der Waals surface area (Å²) >= 11 is 0. The second kappa shape index (κ2) is 2.27. The molecule has 0 aromatic heterocycles. The van der Waals surface area contributed by atoms with Crippen LogP contribution in [0.15, 0.2) is 0 Å². The first-order valence-electron chi connectivity index (χ1n) is 3.26. The maximum absolute atomic E-state index is 9.22. The maximum atomic E-state index is 9.22. The first kappa shape index (κ1) is 8.92. The molecule has 0 bridgehead atoms. The second-order valence-electron chi connectivity index (χ2n) is 3.42. The minimum absolute atomic E-state index is 0.372. The zero-order valence-corrected chi connectivity index (χ0v) is 6.60. The molecule has 0 aliphatic rings. The number of hydrogen-bond acceptors (Lipinski definition) is 2. The molecule has 56 valence electrons. The molecule has 0 rings (SSSR count). The number of rotatable bonds is 1. The third kappa shape index (κ3) is 1.95. The Morgan fingerprint density at radius 1 is 1.11 bits per heavy atom. The topological polar surface area (TPSA) is 40.5 Å². The highest BCUT2D eigenvalue weighted by molar-refractivity contribution is 4.77. The van der Waals surface area contributed by atoms with E-state index in [1.807, 2.05) is 0 Å². The van der Waals surface area contributed by atoms with Crippen LogP contribution in [0.25, 0.3) is 0 Å². The summed E-state index contributed by atoms with van der Waals surface area (Å²) in [6.45, 7) is 7.16. The van der Waals surface area contributed by atoms with Crippen molar-refractivity contribution in [3.8, 4) is 0 Å². The molecule has 0 radical (unpaired) electrons. The largest absolute Gasteiger partial charge is 0.365 e. The fraction of sp³-hybridized carbons (Fsp3) is 1.00. The fourth-order valence-corrected chi connectivity index (χ4v) is 0.530. The van der Waals surface area contributed by atoms with Crippen molar-refractivity contribution in [2.24, 2.45) is 5.41 Å². The van der Waals surface area contributed by atoms with Gasteiger partial charge in [0.25, 0.3) is 0 Å². The van der Waals surface area contributed by atoms with Crippen LogP contribution in [0, 0.1) is 5.41 Å². The summed E-state index contributed by atoms with van der Waals surface area (Å²) in [5.41, 5.74) is -0.443. The minimum Gasteiger partial charge on any atom is -0.365 e. The summed E-state index contributed by atoms with van der Waals surface area (Å²) in [4.78, 5) is 0. The smallest absolute Gasteiger partial charge is 0.167 e. The summed E-state index contributed by atoms with van der Waals surface area (Å²) in [7, 11) is 0. The molecule has 0 amide bonds. The van der Waals surface area contributed by atoms with E-state index in [1.165, 1.54) is 0 Å². The van der Waals surface area contributed by atoms with E-state index in [-0.39, 0.29) is 0 Å². The highest BCUT2D eigenvalue weighted by atomic mass is 16.5. The molecule has 0 aliphatic heterocycles. The van der Waals surface area contributed by atoms with Crippen molar-refractivity contribution in [2.45, 2.75) is 39.9 Å². The molecular formula is C7H16O2. The minimum atomic E-state index is -1.52. The van der Waals surface area contributed by atoms with E-state index in [1.54, 1.807) is 27.7 Å². The van der Waals surface area contributed by atoms with Gasteiger partial charge < -0.3 is 10.2 Å². The van der Waals surface area contributed by atoms with E-state index < -0.39 is 11.2 Å². The molecule has 9 heavy (non-hydrogen) atoms. The van der Waals surface area contributed by atoms with Crippen molar-refractivity contribution in [2.75, 3.05) is 0 Å². The van der Waals surface area contributed by atoms with Crippen LogP contribution in [0.3, 0.4) is 0 Å². The lowest BCUT2D eigenvalue weighted by atomic mass is 9.84. The van der Waals surface area contributed by atoms with Gasteiger partial charge in [-0.15, -0.1) is 0 Å². The third-order valence-corrected chi connectivity index (χ3v) is 1.69. The van der Waals surface area contributed by atoms with Gasteiger partial charge in [-0.3, -0.25) is 0 Å². The van der Waals surface area contributed by atoms with Crippen molar-refractivity contribution >= 4 is 0 Å². The first-order valence-corrected chi connectivity index (χ1v) is 3.26. The maximum Gasteiger partial charge on any atom is 0.167 e. The van der Waals surface area contributed by atoms with Crippen molar-refractivity contribution in [1.29, 1.82) is 0 Å². The van der Waals surface area contributed by atoms with Crippen LogP contribution in [0.5, 0.6) is 0 Å². The van der Waals surface area contributed by atoms with Crippen LogP contribution in [0.2, 0.25) is 0 Å². The second-order valence-corrected chi connectivity index (χ2v) is 3.42. The quantitative estimate of drug-likeness (QED) is 0.525. The molecule has 0 aromatic carbocycles. The van der Waals surface area contributed by atoms with E-state index >= 15 is 0 Å². The highest BCUT2D eigenvalue weighted by Gasteiger charge is 2.35. The fourth-order valence-electron chi connectivity index (χ4n) is 0.530. The van der Waals surface area contributed by atoms with Gasteiger partial charge in [0.05, 0.1) is 0 Å². The van der Waals surface area contributed by atoms with Gasteiger partial charge in [-0.2, -0.15) is 0 Å². The van der Waals surface area contributed by atoms with Crippen LogP contribution in [0.1, 0.15) is 34.1 Å². The summed E-state index contributed by atoms with van der Waals surface area (Å²) in [5.74, 6) is -1.52. The summed E-state index contributed by atoms with van der Waals surface area (Å²) in [6.07, 6.45) is 0.372. The van der Waals surface area contributed by atoms with Gasteiger partial charge in [0.1, 0.15) is 0 Å². The molecule has 0 atom stereocenters. The van der Waals surface area contributed by atoms with Crippen molar-refractivity contribution < 1.29 is 10.2 Å². The molecule has 0 aliphatic carbocycles. The molecule has 0 saturated heterocycles. The lowest BCUT2D eigenvalue weighted by Gasteiger charge is -2.34. The summed E-state index contributed by atoms with van der Waals surface area (Å²) < 4.78 is 0. The van der Waals surface area contributed by atoms with Gasteiger partial charge in [-0.05, 0) is 6.42 Å². The predicted octanol–water partition coefficient (Wildman–Crippen LogP) is 1.12. The predicted molar refractivity (Wildman–Crippen MR) is 36.9 cm³/mol. The zero-order chi connectivity index (χ0) is 7.71. The van der Waals surface area contributed by atoms with Gasteiger partial charge >= 0.3 is 0 Å². The molecule has 0 unspecified atom stereocenters. The molecule has 0 aromatic rings.